The highest BCUT2D eigenvalue weighted by molar-refractivity contribution is 4.68. The van der Waals surface area contributed by atoms with Crippen LogP contribution in [-0.2, 0) is 9.47 Å². The maximum absolute atomic E-state index is 5.25. The monoisotopic (exact) mass is 157 g/mol. The van der Waals surface area contributed by atoms with Crippen molar-refractivity contribution >= 4 is 0 Å². The molecule has 1 aliphatic rings. The van der Waals surface area contributed by atoms with Crippen molar-refractivity contribution in [1.29, 1.82) is 0 Å². The molecule has 0 aromatic carbocycles. The van der Waals surface area contributed by atoms with Gasteiger partial charge in [0.1, 0.15) is 6.10 Å². The van der Waals surface area contributed by atoms with Crippen molar-refractivity contribution in [2.75, 3.05) is 13.2 Å². The molecule has 0 bridgehead atoms. The van der Waals surface area contributed by atoms with E-state index in [1.54, 1.807) is 0 Å². The van der Waals surface area contributed by atoms with Crippen LogP contribution in [0.1, 0.15) is 32.6 Å². The van der Waals surface area contributed by atoms with Crippen molar-refractivity contribution in [1.82, 2.24) is 0 Å². The van der Waals surface area contributed by atoms with Crippen LogP contribution in [0.2, 0.25) is 0 Å². The Hall–Kier alpha value is -0.0800. The van der Waals surface area contributed by atoms with E-state index in [-0.39, 0.29) is 0 Å². The lowest BCUT2D eigenvalue weighted by Gasteiger charge is -1.99. The van der Waals surface area contributed by atoms with E-state index >= 15 is 0 Å². The first kappa shape index (κ1) is 9.01. The van der Waals surface area contributed by atoms with Gasteiger partial charge in [0, 0.05) is 0 Å². The molecule has 0 aliphatic carbocycles. The zero-order chi connectivity index (χ0) is 7.94. The molecule has 65 valence electrons. The molecule has 0 saturated carbocycles. The molecule has 0 aromatic rings. The normalized spacial score (nSPS) is 22.1. The number of hydrogen-bond acceptors (Lipinski definition) is 2. The molecule has 0 aromatic heterocycles. The standard InChI is InChI=1S/C9H17O2/c1-2-3-4-5-6-10-7-9-8-11-9/h6,9H,2-5,7-8H2,1H3. The summed E-state index contributed by atoms with van der Waals surface area (Å²) in [6, 6.07) is 0. The van der Waals surface area contributed by atoms with E-state index in [0.717, 1.165) is 19.6 Å². The molecule has 1 saturated heterocycles. The van der Waals surface area contributed by atoms with Gasteiger partial charge in [0.05, 0.1) is 19.8 Å². The smallest absolute Gasteiger partial charge is 0.104 e. The lowest BCUT2D eigenvalue weighted by atomic mass is 10.2. The predicted molar refractivity (Wildman–Crippen MR) is 44.1 cm³/mol. The van der Waals surface area contributed by atoms with E-state index in [0.29, 0.717) is 6.10 Å². The Kier molecular flexibility index (Phi) is 4.55. The number of unbranched alkanes of at least 4 members (excludes halogenated alkanes) is 3. The second kappa shape index (κ2) is 5.56. The summed E-state index contributed by atoms with van der Waals surface area (Å²) in [6.07, 6.45) is 5.32. The highest BCUT2D eigenvalue weighted by atomic mass is 16.6. The van der Waals surface area contributed by atoms with E-state index in [1.165, 1.54) is 19.3 Å². The van der Waals surface area contributed by atoms with E-state index in [9.17, 15) is 0 Å². The van der Waals surface area contributed by atoms with Crippen LogP contribution in [0.25, 0.3) is 0 Å². The quantitative estimate of drug-likeness (QED) is 0.417. The van der Waals surface area contributed by atoms with Gasteiger partial charge in [-0.2, -0.15) is 0 Å². The van der Waals surface area contributed by atoms with Gasteiger partial charge in [-0.3, -0.25) is 0 Å². The lowest BCUT2D eigenvalue weighted by Crippen LogP contribution is -1.98. The molecular weight excluding hydrogens is 140 g/mol. The van der Waals surface area contributed by atoms with Gasteiger partial charge in [0.2, 0.25) is 0 Å². The lowest BCUT2D eigenvalue weighted by molar-refractivity contribution is 0.165. The minimum atomic E-state index is 0.400. The third-order valence-electron chi connectivity index (χ3n) is 1.73. The molecule has 2 nitrogen and oxygen atoms in total. The summed E-state index contributed by atoms with van der Waals surface area (Å²) < 4.78 is 10.2. The van der Waals surface area contributed by atoms with Crippen molar-refractivity contribution in [2.45, 2.75) is 38.7 Å². The van der Waals surface area contributed by atoms with Crippen molar-refractivity contribution in [3.8, 4) is 0 Å². The van der Waals surface area contributed by atoms with Crippen LogP contribution in [-0.4, -0.2) is 19.3 Å². The van der Waals surface area contributed by atoms with E-state index in [4.69, 9.17) is 9.47 Å². The molecule has 1 rings (SSSR count). The summed E-state index contributed by atoms with van der Waals surface area (Å²) in [5.74, 6) is 0. The zero-order valence-corrected chi connectivity index (χ0v) is 7.21. The van der Waals surface area contributed by atoms with Gasteiger partial charge in [-0.05, 0) is 6.42 Å². The second-order valence-corrected chi connectivity index (χ2v) is 2.95. The first-order valence-corrected chi connectivity index (χ1v) is 4.48. The van der Waals surface area contributed by atoms with Crippen molar-refractivity contribution in [3.63, 3.8) is 0 Å². The first-order chi connectivity index (χ1) is 5.43. The van der Waals surface area contributed by atoms with Crippen LogP contribution in [0.5, 0.6) is 0 Å². The average Bonchev–Trinajstić information content (AvgIpc) is 2.80. The number of epoxide rings is 1. The summed E-state index contributed by atoms with van der Waals surface area (Å²) in [5, 5.41) is 0. The molecule has 1 aliphatic heterocycles. The van der Waals surface area contributed by atoms with Crippen molar-refractivity contribution in [2.24, 2.45) is 0 Å². The minimum absolute atomic E-state index is 0.400. The summed E-state index contributed by atoms with van der Waals surface area (Å²) in [7, 11) is 0. The zero-order valence-electron chi connectivity index (χ0n) is 7.21. The molecule has 0 N–H and O–H groups in total. The molecule has 2 heteroatoms. The highest BCUT2D eigenvalue weighted by Crippen LogP contribution is 2.10. The fourth-order valence-corrected chi connectivity index (χ4v) is 0.901. The summed E-state index contributed by atoms with van der Waals surface area (Å²) in [5.41, 5.74) is 0. The Labute approximate surface area is 68.9 Å². The molecule has 1 fully saturated rings. The van der Waals surface area contributed by atoms with Gasteiger partial charge in [-0.25, -0.2) is 0 Å². The third-order valence-corrected chi connectivity index (χ3v) is 1.73. The third kappa shape index (κ3) is 5.22. The number of hydrogen-bond donors (Lipinski definition) is 0. The molecule has 11 heavy (non-hydrogen) atoms. The molecule has 1 radical (unpaired) electrons. The van der Waals surface area contributed by atoms with Crippen molar-refractivity contribution in [3.05, 3.63) is 6.61 Å². The van der Waals surface area contributed by atoms with Crippen LogP contribution in [0.3, 0.4) is 0 Å². The summed E-state index contributed by atoms with van der Waals surface area (Å²) in [6.45, 7) is 5.77. The molecule has 1 unspecified atom stereocenters. The van der Waals surface area contributed by atoms with Crippen LogP contribution in [0.4, 0.5) is 0 Å². The van der Waals surface area contributed by atoms with Crippen LogP contribution < -0.4 is 0 Å². The fraction of sp³-hybridized carbons (Fsp3) is 0.889. The molecule has 0 amide bonds. The molecule has 0 spiro atoms. The Balaban J connectivity index is 1.66. The van der Waals surface area contributed by atoms with E-state index in [2.05, 4.69) is 6.92 Å². The van der Waals surface area contributed by atoms with Gasteiger partial charge in [-0.1, -0.05) is 26.2 Å². The molecule has 1 atom stereocenters. The van der Waals surface area contributed by atoms with Gasteiger partial charge in [0.15, 0.2) is 0 Å². The van der Waals surface area contributed by atoms with Gasteiger partial charge in [-0.15, -0.1) is 0 Å². The highest BCUT2D eigenvalue weighted by Gasteiger charge is 2.21. The van der Waals surface area contributed by atoms with Gasteiger partial charge < -0.3 is 9.47 Å². The Morgan fingerprint density at radius 1 is 1.55 bits per heavy atom. The number of rotatable bonds is 7. The molecule has 1 heterocycles. The van der Waals surface area contributed by atoms with Crippen molar-refractivity contribution < 1.29 is 9.47 Å². The molecular formula is C9H17O2. The number of ether oxygens (including phenoxy) is 2. The fourth-order valence-electron chi connectivity index (χ4n) is 0.901. The van der Waals surface area contributed by atoms with E-state index in [1.807, 2.05) is 6.61 Å². The van der Waals surface area contributed by atoms with Crippen LogP contribution in [0, 0.1) is 6.61 Å². The maximum Gasteiger partial charge on any atom is 0.104 e. The second-order valence-electron chi connectivity index (χ2n) is 2.95. The predicted octanol–water partition coefficient (Wildman–Crippen LogP) is 2.14. The largest absolute Gasteiger partial charge is 0.373 e. The van der Waals surface area contributed by atoms with Gasteiger partial charge in [0.25, 0.3) is 0 Å². The topological polar surface area (TPSA) is 21.8 Å². The minimum Gasteiger partial charge on any atom is -0.373 e. The summed E-state index contributed by atoms with van der Waals surface area (Å²) >= 11 is 0. The Morgan fingerprint density at radius 3 is 3.00 bits per heavy atom. The summed E-state index contributed by atoms with van der Waals surface area (Å²) in [4.78, 5) is 0. The Bertz CT molecular complexity index is 89.6. The van der Waals surface area contributed by atoms with Gasteiger partial charge >= 0.3 is 0 Å². The maximum atomic E-state index is 5.25. The SMILES string of the molecule is CCCCC[CH]OCC1CO1. The average molecular weight is 157 g/mol. The van der Waals surface area contributed by atoms with E-state index < -0.39 is 0 Å². The Morgan fingerprint density at radius 2 is 2.36 bits per heavy atom. The first-order valence-electron chi connectivity index (χ1n) is 4.48. The van der Waals surface area contributed by atoms with Crippen LogP contribution in [0.15, 0.2) is 0 Å². The van der Waals surface area contributed by atoms with Crippen LogP contribution >= 0.6 is 0 Å².